The van der Waals surface area contributed by atoms with Gasteiger partial charge in [0.05, 0.1) is 16.6 Å². The minimum Gasteiger partial charge on any atom is -0.455 e. The number of anilines is 2. The molecule has 0 bridgehead atoms. The highest BCUT2D eigenvalue weighted by molar-refractivity contribution is 7.25. The molecule has 1 N–H and O–H groups in total. The first-order valence-electron chi connectivity index (χ1n) is 19.6. The Hall–Kier alpha value is -7.61. The predicted molar refractivity (Wildman–Crippen MR) is 248 cm³/mol. The Bertz CT molecular complexity index is 3480. The van der Waals surface area contributed by atoms with E-state index in [0.29, 0.717) is 17.6 Å². The van der Waals surface area contributed by atoms with Crippen molar-refractivity contribution in [3.05, 3.63) is 188 Å². The van der Waals surface area contributed by atoms with Gasteiger partial charge in [-0.3, -0.25) is 0 Å². The molecule has 0 unspecified atom stereocenters. The summed E-state index contributed by atoms with van der Waals surface area (Å²) in [5.74, 6) is 1.48. The van der Waals surface area contributed by atoms with Crippen LogP contribution in [0.3, 0.4) is 0 Å². The summed E-state index contributed by atoms with van der Waals surface area (Å²) in [5.41, 5.74) is 9.41. The van der Waals surface area contributed by atoms with Crippen LogP contribution in [0.25, 0.3) is 98.0 Å². The Morgan fingerprint density at radius 1 is 0.627 bits per heavy atom. The van der Waals surface area contributed by atoms with E-state index in [9.17, 15) is 0 Å². The van der Waals surface area contributed by atoms with Gasteiger partial charge >= 0.3 is 0 Å². The summed E-state index contributed by atoms with van der Waals surface area (Å²) >= 11 is 1.80. The molecule has 6 nitrogen and oxygen atoms in total. The number of rotatable bonds is 8. The van der Waals surface area contributed by atoms with Crippen LogP contribution in [-0.2, 0) is 0 Å². The third-order valence-electron chi connectivity index (χ3n) is 11.0. The first kappa shape index (κ1) is 34.6. The SMILES string of the molecule is C=C(/C=C\C=C/C)c1ccccc1Nc1nc(-c2ccc3sc4cc(-n5c6ccccc6c6ccccc65)ccc4c3c2)nc(-c2cccc3c2oc2ccccc23)n1. The fourth-order valence-electron chi connectivity index (χ4n) is 8.21. The van der Waals surface area contributed by atoms with E-state index in [2.05, 4.69) is 114 Å². The summed E-state index contributed by atoms with van der Waals surface area (Å²) in [6.07, 6.45) is 7.97. The molecule has 0 fully saturated rings. The molecule has 59 heavy (non-hydrogen) atoms. The summed E-state index contributed by atoms with van der Waals surface area (Å²) in [5, 5.41) is 10.4. The van der Waals surface area contributed by atoms with Crippen molar-refractivity contribution in [1.82, 2.24) is 19.5 Å². The van der Waals surface area contributed by atoms with Gasteiger partial charge in [-0.05, 0) is 73.2 Å². The lowest BCUT2D eigenvalue weighted by Gasteiger charge is -2.13. The zero-order valence-corrected chi connectivity index (χ0v) is 32.9. The van der Waals surface area contributed by atoms with Crippen molar-refractivity contribution in [1.29, 1.82) is 0 Å². The van der Waals surface area contributed by atoms with Crippen molar-refractivity contribution in [2.45, 2.75) is 6.92 Å². The van der Waals surface area contributed by atoms with E-state index >= 15 is 0 Å². The Morgan fingerprint density at radius 2 is 1.36 bits per heavy atom. The van der Waals surface area contributed by atoms with Crippen molar-refractivity contribution in [2.75, 3.05) is 5.32 Å². The van der Waals surface area contributed by atoms with Gasteiger partial charge < -0.3 is 14.3 Å². The molecule has 11 rings (SSSR count). The van der Waals surface area contributed by atoms with Crippen LogP contribution >= 0.6 is 11.3 Å². The number of furan rings is 1. The maximum absolute atomic E-state index is 6.47. The maximum Gasteiger partial charge on any atom is 0.231 e. The van der Waals surface area contributed by atoms with E-state index in [-0.39, 0.29) is 0 Å². The average molecular weight is 778 g/mol. The van der Waals surface area contributed by atoms with E-state index in [0.717, 1.165) is 61.0 Å². The van der Waals surface area contributed by atoms with Crippen LogP contribution in [-0.4, -0.2) is 19.5 Å². The molecule has 280 valence electrons. The first-order chi connectivity index (χ1) is 29.1. The van der Waals surface area contributed by atoms with E-state index in [1.54, 1.807) is 11.3 Å². The summed E-state index contributed by atoms with van der Waals surface area (Å²) < 4.78 is 11.3. The van der Waals surface area contributed by atoms with Crippen LogP contribution in [0.4, 0.5) is 11.6 Å². The van der Waals surface area contributed by atoms with Gasteiger partial charge in [0.25, 0.3) is 0 Å². The van der Waals surface area contributed by atoms with Crippen molar-refractivity contribution in [3.8, 4) is 28.5 Å². The summed E-state index contributed by atoms with van der Waals surface area (Å²) in [6, 6.07) is 52.8. The largest absolute Gasteiger partial charge is 0.455 e. The first-order valence-corrected chi connectivity index (χ1v) is 20.4. The standard InChI is InChI=1S/C52H35N5OS/c1-3-4-5-15-32(2)35-16-6-10-22-43(35)53-52-55-50(54-51(56-52)41-21-14-20-40-38-19-9-13-25-46(38)58-49(40)41)33-26-29-47-42(30-33)39-28-27-34(31-48(39)59-47)57-44-23-11-7-17-36(44)37-18-8-12-24-45(37)57/h3-31H,2H2,1H3,(H,53,54,55,56)/b4-3-,15-5-. The van der Waals surface area contributed by atoms with Crippen LogP contribution in [0, 0.1) is 0 Å². The van der Waals surface area contributed by atoms with E-state index in [4.69, 9.17) is 19.4 Å². The van der Waals surface area contributed by atoms with Crippen molar-refractivity contribution >= 4 is 92.5 Å². The van der Waals surface area contributed by atoms with Crippen molar-refractivity contribution < 1.29 is 4.42 Å². The Balaban J connectivity index is 1.05. The van der Waals surface area contributed by atoms with Gasteiger partial charge in [-0.2, -0.15) is 9.97 Å². The highest BCUT2D eigenvalue weighted by atomic mass is 32.1. The molecule has 0 aliphatic rings. The second-order valence-electron chi connectivity index (χ2n) is 14.5. The van der Waals surface area contributed by atoms with Gasteiger partial charge in [0, 0.05) is 64.2 Å². The number of aromatic nitrogens is 4. The number of allylic oxidation sites excluding steroid dienone is 5. The van der Waals surface area contributed by atoms with E-state index in [1.807, 2.05) is 85.8 Å². The number of hydrogen-bond donors (Lipinski definition) is 1. The zero-order chi connectivity index (χ0) is 39.5. The van der Waals surface area contributed by atoms with Crippen molar-refractivity contribution in [3.63, 3.8) is 0 Å². The molecule has 0 saturated carbocycles. The fourth-order valence-corrected chi connectivity index (χ4v) is 9.33. The van der Waals surface area contributed by atoms with Crippen LogP contribution in [0.1, 0.15) is 12.5 Å². The third kappa shape index (κ3) is 5.90. The molecular formula is C52H35N5OS. The van der Waals surface area contributed by atoms with Crippen molar-refractivity contribution in [2.24, 2.45) is 0 Å². The Morgan fingerprint density at radius 3 is 2.19 bits per heavy atom. The van der Waals surface area contributed by atoms with E-state index < -0.39 is 0 Å². The zero-order valence-electron chi connectivity index (χ0n) is 32.1. The molecule has 11 aromatic rings. The molecule has 0 radical (unpaired) electrons. The fraction of sp³-hybridized carbons (Fsp3) is 0.0192. The number of fused-ring (bicyclic) bond motifs is 9. The predicted octanol–water partition coefficient (Wildman–Crippen LogP) is 14.5. The third-order valence-corrected chi connectivity index (χ3v) is 12.1. The van der Waals surface area contributed by atoms with Crippen LogP contribution in [0.2, 0.25) is 0 Å². The molecule has 7 aromatic carbocycles. The average Bonchev–Trinajstić information content (AvgIpc) is 3.95. The molecule has 7 heteroatoms. The molecule has 0 aliphatic carbocycles. The molecule has 0 spiro atoms. The van der Waals surface area contributed by atoms with Crippen LogP contribution < -0.4 is 5.32 Å². The number of hydrogen-bond acceptors (Lipinski definition) is 6. The quantitative estimate of drug-likeness (QED) is 0.156. The Labute approximate surface area is 343 Å². The summed E-state index contributed by atoms with van der Waals surface area (Å²) in [4.78, 5) is 15.3. The molecule has 4 aromatic heterocycles. The monoisotopic (exact) mass is 777 g/mol. The lowest BCUT2D eigenvalue weighted by atomic mass is 10.0. The van der Waals surface area contributed by atoms with Gasteiger partial charge in [0.2, 0.25) is 5.95 Å². The summed E-state index contributed by atoms with van der Waals surface area (Å²) in [7, 11) is 0. The van der Waals surface area contributed by atoms with Crippen LogP contribution in [0.5, 0.6) is 0 Å². The number of benzene rings is 7. The van der Waals surface area contributed by atoms with Gasteiger partial charge in [-0.25, -0.2) is 4.98 Å². The topological polar surface area (TPSA) is 68.8 Å². The van der Waals surface area contributed by atoms with Gasteiger partial charge in [0.15, 0.2) is 11.6 Å². The lowest BCUT2D eigenvalue weighted by molar-refractivity contribution is 0.669. The minimum absolute atomic E-state index is 0.418. The second kappa shape index (κ2) is 14.1. The minimum atomic E-state index is 0.418. The van der Waals surface area contributed by atoms with Gasteiger partial charge in [0.1, 0.15) is 11.2 Å². The maximum atomic E-state index is 6.47. The highest BCUT2D eigenvalue weighted by Gasteiger charge is 2.19. The molecule has 0 saturated heterocycles. The van der Waals surface area contributed by atoms with E-state index in [1.165, 1.54) is 36.6 Å². The van der Waals surface area contributed by atoms with Gasteiger partial charge in [-0.1, -0.05) is 122 Å². The molecule has 0 aliphatic heterocycles. The number of thiophene rings is 1. The van der Waals surface area contributed by atoms with Crippen LogP contribution in [0.15, 0.2) is 187 Å². The Kier molecular flexibility index (Phi) is 8.27. The summed E-state index contributed by atoms with van der Waals surface area (Å²) in [6.45, 7) is 6.35. The highest BCUT2D eigenvalue weighted by Crippen LogP contribution is 2.40. The number of para-hydroxylation sites is 5. The smallest absolute Gasteiger partial charge is 0.231 e. The number of nitrogens with one attached hydrogen (secondary N) is 1. The molecular weight excluding hydrogens is 743 g/mol. The normalized spacial score (nSPS) is 12.1. The second-order valence-corrected chi connectivity index (χ2v) is 15.6. The molecule has 0 amide bonds. The molecule has 0 atom stereocenters. The lowest BCUT2D eigenvalue weighted by Crippen LogP contribution is -2.04. The van der Waals surface area contributed by atoms with Gasteiger partial charge in [-0.15, -0.1) is 11.3 Å². The molecule has 4 heterocycles. The number of nitrogens with zero attached hydrogens (tertiary/aromatic N) is 4.